The molecule has 6 heteroatoms. The van der Waals surface area contributed by atoms with Crippen LogP contribution in [0.15, 0.2) is 23.2 Å². The predicted molar refractivity (Wildman–Crippen MR) is 111 cm³/mol. The Bertz CT molecular complexity index is 777. The molecule has 1 amide bonds. The quantitative estimate of drug-likeness (QED) is 0.666. The van der Waals surface area contributed by atoms with Gasteiger partial charge in [0.1, 0.15) is 5.82 Å². The number of amides is 1. The number of carbonyl (C=O) groups is 2. The summed E-state index contributed by atoms with van der Waals surface area (Å²) in [5.41, 5.74) is 2.86. The summed E-state index contributed by atoms with van der Waals surface area (Å²) in [6, 6.07) is 4.81. The van der Waals surface area contributed by atoms with Gasteiger partial charge in [-0.1, -0.05) is 19.8 Å². The summed E-state index contributed by atoms with van der Waals surface area (Å²) >= 11 is 0. The molecule has 29 heavy (non-hydrogen) atoms. The van der Waals surface area contributed by atoms with Gasteiger partial charge in [0.25, 0.3) is 0 Å². The number of unbranched alkanes of at least 4 members (excludes halogenated alkanes) is 2. The molecule has 2 aliphatic rings. The van der Waals surface area contributed by atoms with Gasteiger partial charge in [0.15, 0.2) is 0 Å². The Morgan fingerprint density at radius 3 is 2.86 bits per heavy atom. The van der Waals surface area contributed by atoms with Crippen molar-refractivity contribution in [1.29, 1.82) is 0 Å². The van der Waals surface area contributed by atoms with Gasteiger partial charge in [-0.05, 0) is 66.8 Å². The molecule has 2 aliphatic heterocycles. The molecule has 1 N–H and O–H groups in total. The largest absolute Gasteiger partial charge is 0.481 e. The lowest BCUT2D eigenvalue weighted by Gasteiger charge is -2.39. The van der Waals surface area contributed by atoms with Gasteiger partial charge in [-0.25, -0.2) is 4.39 Å². The van der Waals surface area contributed by atoms with Crippen LogP contribution in [0.4, 0.5) is 4.39 Å². The molecule has 3 rings (SSSR count). The Hall–Kier alpha value is -2.24. The van der Waals surface area contributed by atoms with Gasteiger partial charge in [0, 0.05) is 38.2 Å². The highest BCUT2D eigenvalue weighted by Gasteiger charge is 2.34. The molecule has 0 aliphatic carbocycles. The first-order valence-electron chi connectivity index (χ1n) is 10.8. The van der Waals surface area contributed by atoms with Crippen LogP contribution in [0.2, 0.25) is 0 Å². The fraction of sp³-hybridized carbons (Fsp3) is 0.609. The number of hydrogen-bond acceptors (Lipinski definition) is 3. The maximum atomic E-state index is 13.6. The second-order valence-corrected chi connectivity index (χ2v) is 8.29. The van der Waals surface area contributed by atoms with Crippen LogP contribution in [0.5, 0.6) is 0 Å². The van der Waals surface area contributed by atoms with Gasteiger partial charge < -0.3 is 10.0 Å². The highest BCUT2D eigenvalue weighted by molar-refractivity contribution is 6.02. The van der Waals surface area contributed by atoms with Gasteiger partial charge in [-0.3, -0.25) is 14.6 Å². The second kappa shape index (κ2) is 9.99. The number of fused-ring (bicyclic) bond motifs is 1. The normalized spacial score (nSPS) is 21.4. The van der Waals surface area contributed by atoms with E-state index in [0.29, 0.717) is 38.9 Å². The monoisotopic (exact) mass is 402 g/mol. The third kappa shape index (κ3) is 5.64. The van der Waals surface area contributed by atoms with Crippen molar-refractivity contribution in [2.24, 2.45) is 16.8 Å². The topological polar surface area (TPSA) is 70.0 Å². The first-order chi connectivity index (χ1) is 14.0. The maximum Gasteiger partial charge on any atom is 0.303 e. The van der Waals surface area contributed by atoms with E-state index < -0.39 is 5.97 Å². The molecule has 0 spiro atoms. The Morgan fingerprint density at radius 2 is 2.10 bits per heavy atom. The molecule has 0 radical (unpaired) electrons. The van der Waals surface area contributed by atoms with Crippen LogP contribution in [0.1, 0.15) is 63.0 Å². The molecule has 1 saturated heterocycles. The summed E-state index contributed by atoms with van der Waals surface area (Å²) in [4.78, 5) is 30.6. The van der Waals surface area contributed by atoms with Gasteiger partial charge in [0.2, 0.25) is 5.91 Å². The standard InChI is InChI=1S/C23H31FN2O3/c1-2-3-4-5-22(27)26-11-9-16(14-23(28)29)18(15-26)13-21-20-7-6-19(24)12-17(20)8-10-25-21/h6-7,12,16,18H,2-5,8-11,13-15H2,1H3,(H,28,29). The van der Waals surface area contributed by atoms with Crippen molar-refractivity contribution >= 4 is 17.6 Å². The van der Waals surface area contributed by atoms with Crippen LogP contribution < -0.4 is 0 Å². The fourth-order valence-corrected chi connectivity index (χ4v) is 4.59. The highest BCUT2D eigenvalue weighted by Crippen LogP contribution is 2.32. The number of aliphatic carboxylic acids is 1. The van der Waals surface area contributed by atoms with Crippen molar-refractivity contribution in [3.05, 3.63) is 35.1 Å². The summed E-state index contributed by atoms with van der Waals surface area (Å²) < 4.78 is 13.6. The minimum Gasteiger partial charge on any atom is -0.481 e. The number of hydrogen-bond donors (Lipinski definition) is 1. The van der Waals surface area contributed by atoms with E-state index in [-0.39, 0.29) is 30.0 Å². The molecule has 5 nitrogen and oxygen atoms in total. The number of likely N-dealkylation sites (tertiary alicyclic amines) is 1. The van der Waals surface area contributed by atoms with Gasteiger partial charge in [-0.2, -0.15) is 0 Å². The molecule has 0 aromatic heterocycles. The van der Waals surface area contributed by atoms with Crippen molar-refractivity contribution in [2.45, 2.75) is 58.3 Å². The Morgan fingerprint density at radius 1 is 1.28 bits per heavy atom. The van der Waals surface area contributed by atoms with E-state index in [1.807, 2.05) is 4.90 Å². The first-order valence-corrected chi connectivity index (χ1v) is 10.8. The third-order valence-corrected chi connectivity index (χ3v) is 6.19. The average molecular weight is 403 g/mol. The SMILES string of the molecule is CCCCCC(=O)N1CCC(CC(=O)O)C(CC2=NCCc3cc(F)ccc32)C1. The lowest BCUT2D eigenvalue weighted by Crippen LogP contribution is -2.45. The van der Waals surface area contributed by atoms with Gasteiger partial charge >= 0.3 is 5.97 Å². The van der Waals surface area contributed by atoms with Crippen LogP contribution in [0.3, 0.4) is 0 Å². The van der Waals surface area contributed by atoms with Crippen molar-refractivity contribution in [3.8, 4) is 0 Å². The Labute approximate surface area is 172 Å². The molecular weight excluding hydrogens is 371 g/mol. The second-order valence-electron chi connectivity index (χ2n) is 8.29. The van der Waals surface area contributed by atoms with E-state index in [1.165, 1.54) is 6.07 Å². The number of halogens is 1. The van der Waals surface area contributed by atoms with E-state index in [9.17, 15) is 19.1 Å². The molecule has 1 fully saturated rings. The number of benzene rings is 1. The smallest absolute Gasteiger partial charge is 0.303 e. The zero-order valence-corrected chi connectivity index (χ0v) is 17.2. The number of carboxylic acids is 1. The zero-order chi connectivity index (χ0) is 20.8. The molecule has 1 aromatic rings. The average Bonchev–Trinajstić information content (AvgIpc) is 2.69. The van der Waals surface area contributed by atoms with Crippen LogP contribution in [0.25, 0.3) is 0 Å². The molecule has 0 saturated carbocycles. The van der Waals surface area contributed by atoms with Gasteiger partial charge in [0.05, 0.1) is 0 Å². The lowest BCUT2D eigenvalue weighted by molar-refractivity contribution is -0.139. The Balaban J connectivity index is 1.73. The third-order valence-electron chi connectivity index (χ3n) is 6.19. The Kier molecular flexibility index (Phi) is 7.40. The number of carbonyl (C=O) groups excluding carboxylic acids is 1. The molecule has 2 heterocycles. The number of rotatable bonds is 8. The molecule has 2 atom stereocenters. The lowest BCUT2D eigenvalue weighted by atomic mass is 9.78. The van der Waals surface area contributed by atoms with Crippen molar-refractivity contribution in [3.63, 3.8) is 0 Å². The van der Waals surface area contributed by atoms with Crippen LogP contribution >= 0.6 is 0 Å². The number of carboxylic acid groups (broad SMARTS) is 1. The molecule has 0 bridgehead atoms. The van der Waals surface area contributed by atoms with Crippen molar-refractivity contribution < 1.29 is 19.1 Å². The van der Waals surface area contributed by atoms with Gasteiger partial charge in [-0.15, -0.1) is 0 Å². The predicted octanol–water partition coefficient (Wildman–Crippen LogP) is 4.08. The van der Waals surface area contributed by atoms with E-state index in [0.717, 1.165) is 42.5 Å². The van der Waals surface area contributed by atoms with Crippen molar-refractivity contribution in [1.82, 2.24) is 4.90 Å². The summed E-state index contributed by atoms with van der Waals surface area (Å²) in [5.74, 6) is -0.776. The first kappa shape index (κ1) is 21.5. The van der Waals surface area contributed by atoms with E-state index in [1.54, 1.807) is 12.1 Å². The number of piperidine rings is 1. The van der Waals surface area contributed by atoms with Crippen molar-refractivity contribution in [2.75, 3.05) is 19.6 Å². The van der Waals surface area contributed by atoms with E-state index >= 15 is 0 Å². The molecular formula is C23H31FN2O3. The summed E-state index contributed by atoms with van der Waals surface area (Å²) in [5, 5.41) is 9.34. The molecule has 2 unspecified atom stereocenters. The minimum atomic E-state index is -0.796. The van der Waals surface area contributed by atoms with Crippen LogP contribution in [-0.4, -0.2) is 47.2 Å². The number of aliphatic imine (C=N–C) groups is 1. The maximum absolute atomic E-state index is 13.6. The van der Waals surface area contributed by atoms with Crippen LogP contribution in [0, 0.1) is 17.7 Å². The fourth-order valence-electron chi connectivity index (χ4n) is 4.59. The zero-order valence-electron chi connectivity index (χ0n) is 17.2. The summed E-state index contributed by atoms with van der Waals surface area (Å²) in [6.07, 6.45) is 5.78. The highest BCUT2D eigenvalue weighted by atomic mass is 19.1. The van der Waals surface area contributed by atoms with E-state index in [4.69, 9.17) is 0 Å². The number of nitrogens with zero attached hydrogens (tertiary/aromatic N) is 2. The molecule has 158 valence electrons. The van der Waals surface area contributed by atoms with Crippen LogP contribution in [-0.2, 0) is 16.0 Å². The summed E-state index contributed by atoms with van der Waals surface area (Å²) in [7, 11) is 0. The summed E-state index contributed by atoms with van der Waals surface area (Å²) in [6.45, 7) is 3.96. The van der Waals surface area contributed by atoms with E-state index in [2.05, 4.69) is 11.9 Å². The molecule has 1 aromatic carbocycles. The minimum absolute atomic E-state index is 0.0284.